The Bertz CT molecular complexity index is 321. The van der Waals surface area contributed by atoms with E-state index in [0.29, 0.717) is 12.8 Å². The largest absolute Gasteiger partial charge is 0.465 e. The number of carbonyl (C=O) groups excluding carboxylic acids is 2. The van der Waals surface area contributed by atoms with Crippen LogP contribution in [0, 0.1) is 5.41 Å². The van der Waals surface area contributed by atoms with E-state index in [1.807, 2.05) is 13.8 Å². The summed E-state index contributed by atoms with van der Waals surface area (Å²) in [7, 11) is 0. The van der Waals surface area contributed by atoms with Crippen LogP contribution < -0.4 is 0 Å². The molecule has 0 aromatic carbocycles. The Kier molecular flexibility index (Phi) is 6.46. The second-order valence-corrected chi connectivity index (χ2v) is 5.23. The molecular weight excluding hydrogens is 260 g/mol. The van der Waals surface area contributed by atoms with Crippen LogP contribution in [0.15, 0.2) is 0 Å². The summed E-state index contributed by atoms with van der Waals surface area (Å²) in [5, 5.41) is 0. The first-order valence-corrected chi connectivity index (χ1v) is 7.50. The van der Waals surface area contributed by atoms with Gasteiger partial charge in [-0.05, 0) is 40.0 Å². The first-order chi connectivity index (χ1) is 9.50. The third-order valence-corrected chi connectivity index (χ3v) is 3.83. The van der Waals surface area contributed by atoms with Gasteiger partial charge in [-0.3, -0.25) is 9.59 Å². The van der Waals surface area contributed by atoms with Crippen LogP contribution >= 0.6 is 0 Å². The summed E-state index contributed by atoms with van der Waals surface area (Å²) in [5.74, 6) is -0.992. The van der Waals surface area contributed by atoms with E-state index < -0.39 is 17.4 Å². The zero-order valence-corrected chi connectivity index (χ0v) is 12.9. The molecule has 1 heterocycles. The van der Waals surface area contributed by atoms with Crippen LogP contribution in [0.1, 0.15) is 53.4 Å². The molecule has 0 bridgehead atoms. The molecule has 5 nitrogen and oxygen atoms in total. The van der Waals surface area contributed by atoms with Gasteiger partial charge >= 0.3 is 11.9 Å². The van der Waals surface area contributed by atoms with Crippen molar-refractivity contribution in [3.05, 3.63) is 0 Å². The summed E-state index contributed by atoms with van der Waals surface area (Å²) < 4.78 is 16.0. The summed E-state index contributed by atoms with van der Waals surface area (Å²) in [6.07, 6.45) is 2.61. The molecule has 1 saturated heterocycles. The summed E-state index contributed by atoms with van der Waals surface area (Å²) in [6, 6.07) is 0. The number of carbonyl (C=O) groups is 2. The van der Waals surface area contributed by atoms with Gasteiger partial charge in [0.1, 0.15) is 0 Å². The molecule has 0 amide bonds. The monoisotopic (exact) mass is 286 g/mol. The molecule has 0 N–H and O–H groups in total. The molecule has 0 spiro atoms. The lowest BCUT2D eigenvalue weighted by molar-refractivity contribution is -0.175. The van der Waals surface area contributed by atoms with Gasteiger partial charge in [-0.15, -0.1) is 0 Å². The van der Waals surface area contributed by atoms with Gasteiger partial charge in [0.05, 0.1) is 25.4 Å². The quantitative estimate of drug-likeness (QED) is 0.531. The molecule has 2 unspecified atom stereocenters. The van der Waals surface area contributed by atoms with E-state index in [1.54, 1.807) is 13.8 Å². The van der Waals surface area contributed by atoms with Crippen LogP contribution in [0.25, 0.3) is 0 Å². The maximum Gasteiger partial charge on any atom is 0.323 e. The Morgan fingerprint density at radius 3 is 2.00 bits per heavy atom. The Labute approximate surface area is 121 Å². The molecule has 0 aromatic rings. The van der Waals surface area contributed by atoms with E-state index in [0.717, 1.165) is 12.8 Å². The number of hydrogen-bond donors (Lipinski definition) is 0. The smallest absolute Gasteiger partial charge is 0.323 e. The normalized spacial score (nSPS) is 22.6. The molecule has 2 atom stereocenters. The molecule has 1 aliphatic heterocycles. The number of hydrogen-bond acceptors (Lipinski definition) is 5. The minimum Gasteiger partial charge on any atom is -0.465 e. The van der Waals surface area contributed by atoms with Gasteiger partial charge in [-0.1, -0.05) is 6.92 Å². The lowest BCUT2D eigenvalue weighted by Crippen LogP contribution is -2.44. The summed E-state index contributed by atoms with van der Waals surface area (Å²) >= 11 is 0. The first kappa shape index (κ1) is 17.0. The van der Waals surface area contributed by atoms with E-state index in [-0.39, 0.29) is 25.4 Å². The molecule has 20 heavy (non-hydrogen) atoms. The predicted octanol–water partition coefficient (Wildman–Crippen LogP) is 2.47. The zero-order chi connectivity index (χ0) is 15.2. The van der Waals surface area contributed by atoms with Crippen LogP contribution in [0.2, 0.25) is 0 Å². The van der Waals surface area contributed by atoms with Crippen molar-refractivity contribution in [1.29, 1.82) is 0 Å². The molecule has 5 heteroatoms. The number of ether oxygens (including phenoxy) is 3. The second kappa shape index (κ2) is 7.62. The Hall–Kier alpha value is -1.10. The number of esters is 2. The molecule has 0 saturated carbocycles. The fourth-order valence-corrected chi connectivity index (χ4v) is 2.65. The second-order valence-electron chi connectivity index (χ2n) is 5.23. The van der Waals surface area contributed by atoms with Crippen LogP contribution in [-0.4, -0.2) is 37.4 Å². The van der Waals surface area contributed by atoms with Gasteiger partial charge in [-0.25, -0.2) is 0 Å². The van der Waals surface area contributed by atoms with E-state index >= 15 is 0 Å². The average Bonchev–Trinajstić information content (AvgIpc) is 2.81. The van der Waals surface area contributed by atoms with Crippen LogP contribution in [0.4, 0.5) is 0 Å². The SMILES string of the molecule is CCOC(=O)C(CC)(CC1CCC(C)O1)C(=O)OCC. The highest BCUT2D eigenvalue weighted by Crippen LogP contribution is 2.36. The van der Waals surface area contributed by atoms with E-state index in [4.69, 9.17) is 14.2 Å². The molecular formula is C15H26O5. The zero-order valence-electron chi connectivity index (χ0n) is 12.9. The molecule has 0 aliphatic carbocycles. The molecule has 0 aromatic heterocycles. The summed E-state index contributed by atoms with van der Waals surface area (Å²) in [6.45, 7) is 7.79. The molecule has 1 rings (SSSR count). The molecule has 116 valence electrons. The van der Waals surface area contributed by atoms with Gasteiger partial charge in [0.25, 0.3) is 0 Å². The molecule has 1 fully saturated rings. The highest BCUT2D eigenvalue weighted by molar-refractivity contribution is 6.00. The summed E-state index contributed by atoms with van der Waals surface area (Å²) in [4.78, 5) is 24.6. The van der Waals surface area contributed by atoms with Crippen molar-refractivity contribution in [3.63, 3.8) is 0 Å². The topological polar surface area (TPSA) is 61.8 Å². The lowest BCUT2D eigenvalue weighted by atomic mass is 9.79. The standard InChI is InChI=1S/C15H26O5/c1-5-15(13(16)18-6-2,14(17)19-7-3)10-12-9-8-11(4)20-12/h11-12H,5-10H2,1-4H3. The maximum atomic E-state index is 12.3. The van der Waals surface area contributed by atoms with Crippen molar-refractivity contribution in [2.45, 2.75) is 65.6 Å². The fraction of sp³-hybridized carbons (Fsp3) is 0.867. The van der Waals surface area contributed by atoms with Gasteiger partial charge in [0, 0.05) is 6.42 Å². The highest BCUT2D eigenvalue weighted by Gasteiger charge is 2.49. The van der Waals surface area contributed by atoms with E-state index in [2.05, 4.69) is 0 Å². The van der Waals surface area contributed by atoms with E-state index in [9.17, 15) is 9.59 Å². The molecule has 0 radical (unpaired) electrons. The van der Waals surface area contributed by atoms with Crippen LogP contribution in [0.3, 0.4) is 0 Å². The molecule has 1 aliphatic rings. The third kappa shape index (κ3) is 3.72. The van der Waals surface area contributed by atoms with Crippen LogP contribution in [-0.2, 0) is 23.8 Å². The van der Waals surface area contributed by atoms with Crippen molar-refractivity contribution >= 4 is 11.9 Å². The van der Waals surface area contributed by atoms with Gasteiger partial charge in [-0.2, -0.15) is 0 Å². The highest BCUT2D eigenvalue weighted by atomic mass is 16.6. The Balaban J connectivity index is 2.91. The van der Waals surface area contributed by atoms with Crippen molar-refractivity contribution in [2.75, 3.05) is 13.2 Å². The lowest BCUT2D eigenvalue weighted by Gasteiger charge is -2.30. The minimum atomic E-state index is -1.24. The van der Waals surface area contributed by atoms with Crippen molar-refractivity contribution < 1.29 is 23.8 Å². The maximum absolute atomic E-state index is 12.3. The van der Waals surface area contributed by atoms with Gasteiger partial charge in [0.2, 0.25) is 0 Å². The van der Waals surface area contributed by atoms with Crippen molar-refractivity contribution in [2.24, 2.45) is 5.41 Å². The van der Waals surface area contributed by atoms with Gasteiger partial charge < -0.3 is 14.2 Å². The predicted molar refractivity (Wildman–Crippen MR) is 74.2 cm³/mol. The van der Waals surface area contributed by atoms with Crippen molar-refractivity contribution in [1.82, 2.24) is 0 Å². The van der Waals surface area contributed by atoms with Gasteiger partial charge in [0.15, 0.2) is 5.41 Å². The Morgan fingerprint density at radius 2 is 1.65 bits per heavy atom. The number of rotatable bonds is 7. The van der Waals surface area contributed by atoms with E-state index in [1.165, 1.54) is 0 Å². The summed E-state index contributed by atoms with van der Waals surface area (Å²) in [5.41, 5.74) is -1.24. The average molecular weight is 286 g/mol. The van der Waals surface area contributed by atoms with Crippen LogP contribution in [0.5, 0.6) is 0 Å². The first-order valence-electron chi connectivity index (χ1n) is 7.50. The Morgan fingerprint density at radius 1 is 1.10 bits per heavy atom. The van der Waals surface area contributed by atoms with Crippen molar-refractivity contribution in [3.8, 4) is 0 Å². The minimum absolute atomic E-state index is 0.0845. The fourth-order valence-electron chi connectivity index (χ4n) is 2.65. The third-order valence-electron chi connectivity index (χ3n) is 3.83.